The predicted octanol–water partition coefficient (Wildman–Crippen LogP) is 2.08. The lowest BCUT2D eigenvalue weighted by Gasteiger charge is -2.06. The van der Waals surface area contributed by atoms with E-state index in [0.29, 0.717) is 16.6 Å². The average molecular weight is 279 g/mol. The number of imidazole rings is 1. The smallest absolute Gasteiger partial charge is 0.287 e. The maximum Gasteiger partial charge on any atom is 0.287 e. The second kappa shape index (κ2) is 5.20. The largest absolute Gasteiger partial charge is 0.352 e. The van der Waals surface area contributed by atoms with Crippen molar-refractivity contribution in [2.24, 2.45) is 0 Å². The third-order valence-electron chi connectivity index (χ3n) is 3.21. The van der Waals surface area contributed by atoms with Gasteiger partial charge in [-0.15, -0.1) is 0 Å². The van der Waals surface area contributed by atoms with Crippen molar-refractivity contribution in [1.29, 1.82) is 0 Å². The van der Waals surface area contributed by atoms with Crippen LogP contribution < -0.4 is 5.32 Å². The summed E-state index contributed by atoms with van der Waals surface area (Å²) in [4.78, 5) is 29.0. The zero-order chi connectivity index (χ0) is 14.8. The molecule has 0 aliphatic rings. The molecule has 3 aromatic rings. The summed E-state index contributed by atoms with van der Waals surface area (Å²) >= 11 is 0. The first-order chi connectivity index (χ1) is 10.2. The summed E-state index contributed by atoms with van der Waals surface area (Å²) in [6.07, 6.45) is 0. The van der Waals surface area contributed by atoms with Crippen LogP contribution in [0.25, 0.3) is 11.0 Å². The van der Waals surface area contributed by atoms with Gasteiger partial charge < -0.3 is 5.32 Å². The average Bonchev–Trinajstić information content (AvgIpc) is 2.93. The number of fused-ring (bicyclic) bond motifs is 1. The Bertz CT molecular complexity index is 822. The maximum absolute atomic E-state index is 12.7. The number of carbonyl (C=O) groups is 2. The molecule has 0 radical (unpaired) electrons. The maximum atomic E-state index is 12.7. The van der Waals surface area contributed by atoms with E-state index in [-0.39, 0.29) is 11.7 Å². The van der Waals surface area contributed by atoms with Gasteiger partial charge in [0.15, 0.2) is 0 Å². The lowest BCUT2D eigenvalue weighted by Crippen LogP contribution is -2.26. The number of amides is 1. The molecule has 0 atom stereocenters. The first-order valence-corrected chi connectivity index (χ1v) is 6.51. The van der Waals surface area contributed by atoms with Crippen molar-refractivity contribution in [2.45, 2.75) is 0 Å². The molecule has 1 aromatic heterocycles. The minimum atomic E-state index is -0.393. The summed E-state index contributed by atoms with van der Waals surface area (Å²) < 4.78 is 1.35. The van der Waals surface area contributed by atoms with Gasteiger partial charge >= 0.3 is 0 Å². The standard InChI is InChI=1S/C16H13N3O2/c1-17-15(20)14-18-12-9-5-6-10-13(12)19(14)16(21)11-7-3-2-4-8-11/h2-10H,1H3,(H,17,20). The Labute approximate surface area is 121 Å². The molecular weight excluding hydrogens is 266 g/mol. The fourth-order valence-corrected chi connectivity index (χ4v) is 2.21. The third-order valence-corrected chi connectivity index (χ3v) is 3.21. The highest BCUT2D eigenvalue weighted by Gasteiger charge is 2.21. The molecule has 0 saturated carbocycles. The Balaban J connectivity index is 2.25. The molecule has 1 heterocycles. The van der Waals surface area contributed by atoms with Gasteiger partial charge in [0.2, 0.25) is 5.82 Å². The normalized spacial score (nSPS) is 10.5. The van der Waals surface area contributed by atoms with Crippen molar-refractivity contribution in [3.63, 3.8) is 0 Å². The van der Waals surface area contributed by atoms with E-state index in [9.17, 15) is 9.59 Å². The van der Waals surface area contributed by atoms with E-state index in [1.165, 1.54) is 11.6 Å². The van der Waals surface area contributed by atoms with Gasteiger partial charge in [0.25, 0.3) is 11.8 Å². The van der Waals surface area contributed by atoms with Crippen LogP contribution in [0.2, 0.25) is 0 Å². The van der Waals surface area contributed by atoms with Crippen molar-refractivity contribution in [1.82, 2.24) is 14.9 Å². The van der Waals surface area contributed by atoms with Crippen LogP contribution in [0.1, 0.15) is 21.0 Å². The number of nitrogens with zero attached hydrogens (tertiary/aromatic N) is 2. The molecule has 21 heavy (non-hydrogen) atoms. The van der Waals surface area contributed by atoms with Gasteiger partial charge in [-0.1, -0.05) is 30.3 Å². The molecule has 104 valence electrons. The van der Waals surface area contributed by atoms with E-state index in [1.807, 2.05) is 18.2 Å². The van der Waals surface area contributed by atoms with Crippen molar-refractivity contribution in [3.8, 4) is 0 Å². The molecule has 0 aliphatic heterocycles. The van der Waals surface area contributed by atoms with Gasteiger partial charge in [-0.3, -0.25) is 14.2 Å². The number of para-hydroxylation sites is 2. The highest BCUT2D eigenvalue weighted by molar-refractivity contribution is 6.07. The summed E-state index contributed by atoms with van der Waals surface area (Å²) in [5.41, 5.74) is 1.73. The van der Waals surface area contributed by atoms with Gasteiger partial charge in [-0.05, 0) is 24.3 Å². The first-order valence-electron chi connectivity index (χ1n) is 6.51. The molecule has 0 aliphatic carbocycles. The minimum absolute atomic E-state index is 0.0903. The minimum Gasteiger partial charge on any atom is -0.352 e. The highest BCUT2D eigenvalue weighted by atomic mass is 16.2. The molecular formula is C16H13N3O2. The van der Waals surface area contributed by atoms with Crippen molar-refractivity contribution < 1.29 is 9.59 Å². The Kier molecular flexibility index (Phi) is 3.23. The molecule has 0 unspecified atom stereocenters. The first kappa shape index (κ1) is 13.1. The zero-order valence-electron chi connectivity index (χ0n) is 11.4. The van der Waals surface area contributed by atoms with Crippen LogP contribution >= 0.6 is 0 Å². The quantitative estimate of drug-likeness (QED) is 0.781. The Hall–Kier alpha value is -2.95. The Morgan fingerprint density at radius 3 is 2.38 bits per heavy atom. The predicted molar refractivity (Wildman–Crippen MR) is 79.3 cm³/mol. The van der Waals surface area contributed by atoms with E-state index in [4.69, 9.17) is 0 Å². The van der Waals surface area contributed by atoms with Gasteiger partial charge in [0.05, 0.1) is 11.0 Å². The molecule has 0 saturated heterocycles. The molecule has 0 spiro atoms. The number of hydrogen-bond donors (Lipinski definition) is 1. The van der Waals surface area contributed by atoms with Crippen LogP contribution in [-0.2, 0) is 0 Å². The molecule has 0 fully saturated rings. The van der Waals surface area contributed by atoms with Crippen LogP contribution in [0.3, 0.4) is 0 Å². The molecule has 2 aromatic carbocycles. The van der Waals surface area contributed by atoms with Crippen LogP contribution in [-0.4, -0.2) is 28.4 Å². The highest BCUT2D eigenvalue weighted by Crippen LogP contribution is 2.18. The second-order valence-electron chi connectivity index (χ2n) is 4.51. The summed E-state index contributed by atoms with van der Waals surface area (Å²) in [6, 6.07) is 16.0. The van der Waals surface area contributed by atoms with E-state index in [0.717, 1.165) is 0 Å². The van der Waals surface area contributed by atoms with Crippen molar-refractivity contribution in [2.75, 3.05) is 7.05 Å². The number of carbonyl (C=O) groups excluding carboxylic acids is 2. The van der Waals surface area contributed by atoms with E-state index >= 15 is 0 Å². The summed E-state index contributed by atoms with van der Waals surface area (Å²) in [5.74, 6) is -0.578. The number of aromatic nitrogens is 2. The number of nitrogens with one attached hydrogen (secondary N) is 1. The molecule has 5 nitrogen and oxygen atoms in total. The number of hydrogen-bond acceptors (Lipinski definition) is 3. The fraction of sp³-hybridized carbons (Fsp3) is 0.0625. The molecule has 1 N–H and O–H groups in total. The monoisotopic (exact) mass is 279 g/mol. The van der Waals surface area contributed by atoms with Gasteiger partial charge in [0, 0.05) is 12.6 Å². The fourth-order valence-electron chi connectivity index (χ4n) is 2.21. The lowest BCUT2D eigenvalue weighted by atomic mass is 10.2. The molecule has 0 bridgehead atoms. The molecule has 3 rings (SSSR count). The Morgan fingerprint density at radius 2 is 1.67 bits per heavy atom. The van der Waals surface area contributed by atoms with Gasteiger partial charge in [-0.2, -0.15) is 0 Å². The topological polar surface area (TPSA) is 64.0 Å². The van der Waals surface area contributed by atoms with Gasteiger partial charge in [0.1, 0.15) is 0 Å². The van der Waals surface area contributed by atoms with Crippen molar-refractivity contribution >= 4 is 22.8 Å². The Morgan fingerprint density at radius 1 is 1.00 bits per heavy atom. The zero-order valence-corrected chi connectivity index (χ0v) is 11.4. The van der Waals surface area contributed by atoms with Crippen molar-refractivity contribution in [3.05, 3.63) is 66.0 Å². The van der Waals surface area contributed by atoms with E-state index in [1.54, 1.807) is 36.4 Å². The molecule has 1 amide bonds. The second-order valence-corrected chi connectivity index (χ2v) is 4.51. The van der Waals surface area contributed by atoms with Crippen LogP contribution in [0.5, 0.6) is 0 Å². The van der Waals surface area contributed by atoms with E-state index in [2.05, 4.69) is 10.3 Å². The van der Waals surface area contributed by atoms with Gasteiger partial charge in [-0.25, -0.2) is 4.98 Å². The van der Waals surface area contributed by atoms with Crippen LogP contribution in [0.15, 0.2) is 54.6 Å². The number of rotatable bonds is 2. The third kappa shape index (κ3) is 2.18. The SMILES string of the molecule is CNC(=O)c1nc2ccccc2n1C(=O)c1ccccc1. The summed E-state index contributed by atoms with van der Waals surface area (Å²) in [5, 5.41) is 2.51. The lowest BCUT2D eigenvalue weighted by molar-refractivity contribution is 0.0905. The van der Waals surface area contributed by atoms with Crippen LogP contribution in [0.4, 0.5) is 0 Å². The van der Waals surface area contributed by atoms with Crippen LogP contribution in [0, 0.1) is 0 Å². The molecule has 5 heteroatoms. The summed E-state index contributed by atoms with van der Waals surface area (Å²) in [6.45, 7) is 0. The summed E-state index contributed by atoms with van der Waals surface area (Å²) in [7, 11) is 1.51. The number of benzene rings is 2. The van der Waals surface area contributed by atoms with E-state index < -0.39 is 5.91 Å².